The SMILES string of the molecule is CC(N)CCC(=O)Nc1ccnn1C. The number of nitrogens with two attached hydrogens (primary N) is 1. The van der Waals surface area contributed by atoms with E-state index < -0.39 is 0 Å². The molecular weight excluding hydrogens is 180 g/mol. The molecule has 14 heavy (non-hydrogen) atoms. The molecule has 78 valence electrons. The Morgan fingerprint density at radius 2 is 2.50 bits per heavy atom. The first-order chi connectivity index (χ1) is 6.59. The van der Waals surface area contributed by atoms with Crippen molar-refractivity contribution in [3.8, 4) is 0 Å². The summed E-state index contributed by atoms with van der Waals surface area (Å²) in [5, 5.41) is 6.69. The standard InChI is InChI=1S/C9H16N4O/c1-7(10)3-4-9(14)12-8-5-6-11-13(8)2/h5-7H,3-4,10H2,1-2H3,(H,12,14). The Morgan fingerprint density at radius 3 is 3.00 bits per heavy atom. The molecule has 1 unspecified atom stereocenters. The van der Waals surface area contributed by atoms with Crippen LogP contribution in [0.3, 0.4) is 0 Å². The van der Waals surface area contributed by atoms with Gasteiger partial charge in [-0.15, -0.1) is 0 Å². The number of aromatic nitrogens is 2. The zero-order valence-corrected chi connectivity index (χ0v) is 8.53. The highest BCUT2D eigenvalue weighted by atomic mass is 16.1. The molecule has 0 aliphatic heterocycles. The van der Waals surface area contributed by atoms with Crippen LogP contribution in [-0.2, 0) is 11.8 Å². The minimum Gasteiger partial charge on any atom is -0.328 e. The Hall–Kier alpha value is -1.36. The van der Waals surface area contributed by atoms with Gasteiger partial charge in [-0.3, -0.25) is 9.48 Å². The smallest absolute Gasteiger partial charge is 0.225 e. The molecule has 1 amide bonds. The maximum absolute atomic E-state index is 11.4. The summed E-state index contributed by atoms with van der Waals surface area (Å²) in [4.78, 5) is 11.4. The summed E-state index contributed by atoms with van der Waals surface area (Å²) in [7, 11) is 1.78. The molecule has 0 saturated carbocycles. The normalized spacial score (nSPS) is 12.5. The molecule has 1 aromatic heterocycles. The Balaban J connectivity index is 2.38. The van der Waals surface area contributed by atoms with E-state index in [4.69, 9.17) is 5.73 Å². The molecule has 0 saturated heterocycles. The van der Waals surface area contributed by atoms with Crippen molar-refractivity contribution in [2.24, 2.45) is 12.8 Å². The summed E-state index contributed by atoms with van der Waals surface area (Å²) in [6.07, 6.45) is 2.79. The largest absolute Gasteiger partial charge is 0.328 e. The fourth-order valence-corrected chi connectivity index (χ4v) is 1.06. The van der Waals surface area contributed by atoms with Gasteiger partial charge in [-0.2, -0.15) is 5.10 Å². The van der Waals surface area contributed by atoms with Crippen molar-refractivity contribution in [2.75, 3.05) is 5.32 Å². The third-order valence-corrected chi connectivity index (χ3v) is 1.92. The van der Waals surface area contributed by atoms with Gasteiger partial charge in [0.1, 0.15) is 5.82 Å². The number of rotatable bonds is 4. The summed E-state index contributed by atoms with van der Waals surface area (Å²) in [5.74, 6) is 0.686. The Kier molecular flexibility index (Phi) is 3.64. The van der Waals surface area contributed by atoms with E-state index in [1.54, 1.807) is 24.0 Å². The van der Waals surface area contributed by atoms with Crippen LogP contribution < -0.4 is 11.1 Å². The molecule has 0 spiro atoms. The Labute approximate surface area is 83.3 Å². The summed E-state index contributed by atoms with van der Waals surface area (Å²) >= 11 is 0. The van der Waals surface area contributed by atoms with Crippen molar-refractivity contribution in [1.29, 1.82) is 0 Å². The minimum atomic E-state index is -0.0223. The van der Waals surface area contributed by atoms with Crippen LogP contribution in [0.15, 0.2) is 12.3 Å². The van der Waals surface area contributed by atoms with E-state index in [1.807, 2.05) is 6.92 Å². The number of carbonyl (C=O) groups is 1. The van der Waals surface area contributed by atoms with Gasteiger partial charge in [-0.25, -0.2) is 0 Å². The molecule has 0 aliphatic rings. The minimum absolute atomic E-state index is 0.0223. The van der Waals surface area contributed by atoms with Gasteiger partial charge in [-0.1, -0.05) is 0 Å². The molecule has 0 aromatic carbocycles. The average Bonchev–Trinajstić information content (AvgIpc) is 2.49. The molecule has 1 heterocycles. The molecular formula is C9H16N4O. The average molecular weight is 196 g/mol. The first-order valence-electron chi connectivity index (χ1n) is 4.63. The first kappa shape index (κ1) is 10.7. The molecule has 5 nitrogen and oxygen atoms in total. The highest BCUT2D eigenvalue weighted by Crippen LogP contribution is 2.04. The fourth-order valence-electron chi connectivity index (χ4n) is 1.06. The highest BCUT2D eigenvalue weighted by Gasteiger charge is 2.05. The van der Waals surface area contributed by atoms with Crippen LogP contribution in [0.4, 0.5) is 5.82 Å². The van der Waals surface area contributed by atoms with Crippen LogP contribution in [0.5, 0.6) is 0 Å². The van der Waals surface area contributed by atoms with Gasteiger partial charge >= 0.3 is 0 Å². The summed E-state index contributed by atoms with van der Waals surface area (Å²) in [5.41, 5.74) is 5.55. The van der Waals surface area contributed by atoms with Gasteiger partial charge in [-0.05, 0) is 13.3 Å². The predicted octanol–water partition coefficient (Wildman–Crippen LogP) is 0.486. The van der Waals surface area contributed by atoms with Crippen LogP contribution in [0.1, 0.15) is 19.8 Å². The second-order valence-corrected chi connectivity index (χ2v) is 3.40. The van der Waals surface area contributed by atoms with Crippen LogP contribution in [0.2, 0.25) is 0 Å². The summed E-state index contributed by atoms with van der Waals surface area (Å²) < 4.78 is 1.61. The zero-order chi connectivity index (χ0) is 10.6. The van der Waals surface area contributed by atoms with Gasteiger partial charge in [0.05, 0.1) is 6.20 Å². The predicted molar refractivity (Wildman–Crippen MR) is 54.7 cm³/mol. The second kappa shape index (κ2) is 4.76. The molecule has 3 N–H and O–H groups in total. The van der Waals surface area contributed by atoms with E-state index in [1.165, 1.54) is 0 Å². The monoisotopic (exact) mass is 196 g/mol. The number of amides is 1. The van der Waals surface area contributed by atoms with Gasteiger partial charge in [0.15, 0.2) is 0 Å². The van der Waals surface area contributed by atoms with E-state index in [2.05, 4.69) is 10.4 Å². The maximum atomic E-state index is 11.4. The molecule has 0 radical (unpaired) electrons. The molecule has 0 fully saturated rings. The lowest BCUT2D eigenvalue weighted by Gasteiger charge is -2.06. The van der Waals surface area contributed by atoms with Gasteiger partial charge in [0.25, 0.3) is 0 Å². The number of hydrogen-bond donors (Lipinski definition) is 2. The van der Waals surface area contributed by atoms with Crippen LogP contribution >= 0.6 is 0 Å². The number of carbonyl (C=O) groups excluding carboxylic acids is 1. The molecule has 1 aromatic rings. The third kappa shape index (κ3) is 3.18. The zero-order valence-electron chi connectivity index (χ0n) is 8.53. The highest BCUT2D eigenvalue weighted by molar-refractivity contribution is 5.89. The molecule has 1 atom stereocenters. The number of nitrogens with one attached hydrogen (secondary N) is 1. The lowest BCUT2D eigenvalue weighted by molar-refractivity contribution is -0.116. The third-order valence-electron chi connectivity index (χ3n) is 1.92. The number of aryl methyl sites for hydroxylation is 1. The Bertz CT molecular complexity index is 306. The van der Waals surface area contributed by atoms with Crippen molar-refractivity contribution >= 4 is 11.7 Å². The van der Waals surface area contributed by atoms with Crippen LogP contribution in [-0.4, -0.2) is 21.7 Å². The lowest BCUT2D eigenvalue weighted by Crippen LogP contribution is -2.20. The molecule has 0 bridgehead atoms. The topological polar surface area (TPSA) is 72.9 Å². The van der Waals surface area contributed by atoms with E-state index in [9.17, 15) is 4.79 Å². The Morgan fingerprint density at radius 1 is 1.79 bits per heavy atom. The van der Waals surface area contributed by atoms with E-state index in [-0.39, 0.29) is 11.9 Å². The molecule has 0 aliphatic carbocycles. The quantitative estimate of drug-likeness (QED) is 0.736. The van der Waals surface area contributed by atoms with Gasteiger partial charge in [0, 0.05) is 25.6 Å². The number of hydrogen-bond acceptors (Lipinski definition) is 3. The van der Waals surface area contributed by atoms with E-state index in [0.29, 0.717) is 18.7 Å². The van der Waals surface area contributed by atoms with Crippen molar-refractivity contribution in [3.63, 3.8) is 0 Å². The maximum Gasteiger partial charge on any atom is 0.225 e. The van der Waals surface area contributed by atoms with Gasteiger partial charge in [0.2, 0.25) is 5.91 Å². The van der Waals surface area contributed by atoms with E-state index >= 15 is 0 Å². The summed E-state index contributed by atoms with van der Waals surface area (Å²) in [6, 6.07) is 1.82. The first-order valence-corrected chi connectivity index (χ1v) is 4.63. The van der Waals surface area contributed by atoms with Crippen LogP contribution in [0.25, 0.3) is 0 Å². The van der Waals surface area contributed by atoms with Crippen molar-refractivity contribution in [1.82, 2.24) is 9.78 Å². The lowest BCUT2D eigenvalue weighted by atomic mass is 10.2. The van der Waals surface area contributed by atoms with E-state index in [0.717, 1.165) is 0 Å². The fraction of sp³-hybridized carbons (Fsp3) is 0.556. The second-order valence-electron chi connectivity index (χ2n) is 3.40. The van der Waals surface area contributed by atoms with Crippen molar-refractivity contribution in [2.45, 2.75) is 25.8 Å². The van der Waals surface area contributed by atoms with Crippen LogP contribution in [0, 0.1) is 0 Å². The van der Waals surface area contributed by atoms with Crippen molar-refractivity contribution in [3.05, 3.63) is 12.3 Å². The molecule has 5 heteroatoms. The number of nitrogens with zero attached hydrogens (tertiary/aromatic N) is 2. The van der Waals surface area contributed by atoms with Crippen molar-refractivity contribution < 1.29 is 4.79 Å². The summed E-state index contributed by atoms with van der Waals surface area (Å²) in [6.45, 7) is 1.89. The molecule has 1 rings (SSSR count). The van der Waals surface area contributed by atoms with Gasteiger partial charge < -0.3 is 11.1 Å². The number of anilines is 1.